The molecule has 8 heteroatoms. The van der Waals surface area contributed by atoms with Crippen LogP contribution in [0.15, 0.2) is 41.8 Å². The second-order valence-corrected chi connectivity index (χ2v) is 9.08. The molecule has 0 aliphatic heterocycles. The predicted molar refractivity (Wildman–Crippen MR) is 113 cm³/mol. The number of aryl methyl sites for hydroxylation is 1. The maximum absolute atomic E-state index is 12.7. The van der Waals surface area contributed by atoms with E-state index in [9.17, 15) is 9.59 Å². The Labute approximate surface area is 175 Å². The minimum absolute atomic E-state index is 0.00442. The zero-order valence-corrected chi connectivity index (χ0v) is 17.3. The van der Waals surface area contributed by atoms with E-state index in [4.69, 9.17) is 11.6 Å². The number of aromatic nitrogens is 1. The standard InChI is InChI=1S/C20H18ClN3O2S2/c21-13-8-6-12(7-9-13)18(25)24-20-23-17-15(4-1-5-16(17)28-20)19(26)22-11-14-3-2-10-27-14/h2-3,6-10,15H,1,4-5,11H2,(H,22,26)(H,23,24,25). The molecular weight excluding hydrogens is 414 g/mol. The van der Waals surface area contributed by atoms with E-state index in [0.29, 0.717) is 22.3 Å². The quantitative estimate of drug-likeness (QED) is 0.606. The molecular formula is C20H18ClN3O2S2. The number of anilines is 1. The molecule has 0 spiro atoms. The van der Waals surface area contributed by atoms with E-state index in [1.54, 1.807) is 35.6 Å². The Morgan fingerprint density at radius 1 is 1.21 bits per heavy atom. The molecule has 0 saturated heterocycles. The summed E-state index contributed by atoms with van der Waals surface area (Å²) >= 11 is 8.94. The highest BCUT2D eigenvalue weighted by atomic mass is 35.5. The molecule has 2 amide bonds. The van der Waals surface area contributed by atoms with Crippen LogP contribution in [0.2, 0.25) is 5.02 Å². The lowest BCUT2D eigenvalue weighted by molar-refractivity contribution is -0.123. The number of thiophene rings is 1. The van der Waals surface area contributed by atoms with Crippen molar-refractivity contribution in [3.8, 4) is 0 Å². The highest BCUT2D eigenvalue weighted by molar-refractivity contribution is 7.16. The molecule has 1 unspecified atom stereocenters. The van der Waals surface area contributed by atoms with E-state index in [0.717, 1.165) is 34.7 Å². The Morgan fingerprint density at radius 3 is 2.79 bits per heavy atom. The van der Waals surface area contributed by atoms with E-state index in [2.05, 4.69) is 15.6 Å². The number of benzene rings is 1. The monoisotopic (exact) mass is 431 g/mol. The maximum atomic E-state index is 12.7. The van der Waals surface area contributed by atoms with E-state index in [1.807, 2.05) is 17.5 Å². The summed E-state index contributed by atoms with van der Waals surface area (Å²) in [5, 5.41) is 8.97. The summed E-state index contributed by atoms with van der Waals surface area (Å²) in [4.78, 5) is 31.9. The first-order valence-electron chi connectivity index (χ1n) is 8.97. The van der Waals surface area contributed by atoms with Gasteiger partial charge in [0.2, 0.25) is 5.91 Å². The summed E-state index contributed by atoms with van der Waals surface area (Å²) in [6.07, 6.45) is 2.60. The number of nitrogens with one attached hydrogen (secondary N) is 2. The number of fused-ring (bicyclic) bond motifs is 1. The average Bonchev–Trinajstić information content (AvgIpc) is 3.35. The minimum atomic E-state index is -0.263. The van der Waals surface area contributed by atoms with Crippen LogP contribution in [0.3, 0.4) is 0 Å². The molecule has 2 aromatic heterocycles. The van der Waals surface area contributed by atoms with Crippen molar-refractivity contribution in [3.05, 3.63) is 67.8 Å². The number of thiazole rings is 1. The van der Waals surface area contributed by atoms with Crippen molar-refractivity contribution in [3.63, 3.8) is 0 Å². The molecule has 28 heavy (non-hydrogen) atoms. The van der Waals surface area contributed by atoms with Crippen molar-refractivity contribution in [2.75, 3.05) is 5.32 Å². The first-order chi connectivity index (χ1) is 13.6. The molecule has 2 heterocycles. The van der Waals surface area contributed by atoms with Crippen LogP contribution in [0.1, 0.15) is 44.6 Å². The van der Waals surface area contributed by atoms with Crippen molar-refractivity contribution < 1.29 is 9.59 Å². The van der Waals surface area contributed by atoms with Gasteiger partial charge in [-0.15, -0.1) is 22.7 Å². The van der Waals surface area contributed by atoms with Gasteiger partial charge < -0.3 is 5.32 Å². The van der Waals surface area contributed by atoms with Crippen LogP contribution in [0.5, 0.6) is 0 Å². The molecule has 1 aromatic carbocycles. The van der Waals surface area contributed by atoms with E-state index in [-0.39, 0.29) is 17.7 Å². The molecule has 0 radical (unpaired) electrons. The predicted octanol–water partition coefficient (Wildman–Crippen LogP) is 4.85. The molecule has 1 aliphatic rings. The van der Waals surface area contributed by atoms with Crippen LogP contribution in [0, 0.1) is 0 Å². The highest BCUT2D eigenvalue weighted by Gasteiger charge is 2.30. The van der Waals surface area contributed by atoms with Gasteiger partial charge in [-0.1, -0.05) is 17.7 Å². The van der Waals surface area contributed by atoms with Gasteiger partial charge in [0.1, 0.15) is 0 Å². The van der Waals surface area contributed by atoms with Crippen molar-refractivity contribution >= 4 is 51.2 Å². The van der Waals surface area contributed by atoms with Gasteiger partial charge in [-0.2, -0.15) is 0 Å². The Morgan fingerprint density at radius 2 is 2.04 bits per heavy atom. The van der Waals surface area contributed by atoms with Crippen molar-refractivity contribution in [1.29, 1.82) is 0 Å². The first-order valence-corrected chi connectivity index (χ1v) is 11.0. The van der Waals surface area contributed by atoms with Gasteiger partial charge in [-0.05, 0) is 55.0 Å². The number of amides is 2. The highest BCUT2D eigenvalue weighted by Crippen LogP contribution is 2.37. The average molecular weight is 432 g/mol. The Hall–Kier alpha value is -2.22. The number of carbonyl (C=O) groups excluding carboxylic acids is 2. The summed E-state index contributed by atoms with van der Waals surface area (Å²) in [7, 11) is 0. The van der Waals surface area contributed by atoms with Gasteiger partial charge in [0, 0.05) is 20.3 Å². The number of hydrogen-bond acceptors (Lipinski definition) is 5. The normalized spacial score (nSPS) is 15.7. The second kappa shape index (κ2) is 8.43. The molecule has 0 saturated carbocycles. The van der Waals surface area contributed by atoms with Gasteiger partial charge in [-0.3, -0.25) is 14.9 Å². The smallest absolute Gasteiger partial charge is 0.257 e. The van der Waals surface area contributed by atoms with Gasteiger partial charge in [-0.25, -0.2) is 4.98 Å². The molecule has 1 atom stereocenters. The molecule has 4 rings (SSSR count). The zero-order chi connectivity index (χ0) is 19.5. The molecule has 144 valence electrons. The lowest BCUT2D eigenvalue weighted by Gasteiger charge is -2.20. The summed E-state index contributed by atoms with van der Waals surface area (Å²) in [5.74, 6) is -0.502. The van der Waals surface area contributed by atoms with Crippen LogP contribution in [-0.4, -0.2) is 16.8 Å². The minimum Gasteiger partial charge on any atom is -0.351 e. The van der Waals surface area contributed by atoms with Crippen LogP contribution in [0.25, 0.3) is 0 Å². The number of rotatable bonds is 5. The van der Waals surface area contributed by atoms with Crippen molar-refractivity contribution in [2.24, 2.45) is 0 Å². The fourth-order valence-corrected chi connectivity index (χ4v) is 5.04. The Bertz CT molecular complexity index is 984. The van der Waals surface area contributed by atoms with Crippen LogP contribution >= 0.6 is 34.3 Å². The van der Waals surface area contributed by atoms with Crippen molar-refractivity contribution in [1.82, 2.24) is 10.3 Å². The Kier molecular flexibility index (Phi) is 5.75. The topological polar surface area (TPSA) is 71.1 Å². The van der Waals surface area contributed by atoms with Crippen LogP contribution in [0.4, 0.5) is 5.13 Å². The van der Waals surface area contributed by atoms with Gasteiger partial charge in [0.05, 0.1) is 18.2 Å². The van der Waals surface area contributed by atoms with Gasteiger partial charge in [0.15, 0.2) is 5.13 Å². The largest absolute Gasteiger partial charge is 0.351 e. The fraction of sp³-hybridized carbons (Fsp3) is 0.250. The second-order valence-electron chi connectivity index (χ2n) is 6.53. The molecule has 2 N–H and O–H groups in total. The first kappa shape index (κ1) is 19.1. The summed E-state index contributed by atoms with van der Waals surface area (Å²) < 4.78 is 0. The third-order valence-electron chi connectivity index (χ3n) is 4.61. The molecule has 3 aromatic rings. The van der Waals surface area contributed by atoms with Crippen LogP contribution < -0.4 is 10.6 Å². The summed E-state index contributed by atoms with van der Waals surface area (Å²) in [6.45, 7) is 0.534. The molecule has 0 bridgehead atoms. The van der Waals surface area contributed by atoms with E-state index in [1.165, 1.54) is 11.3 Å². The van der Waals surface area contributed by atoms with Gasteiger partial charge >= 0.3 is 0 Å². The van der Waals surface area contributed by atoms with E-state index >= 15 is 0 Å². The third-order valence-corrected chi connectivity index (χ3v) is 6.79. The Balaban J connectivity index is 1.46. The molecule has 0 fully saturated rings. The van der Waals surface area contributed by atoms with E-state index < -0.39 is 0 Å². The van der Waals surface area contributed by atoms with Crippen molar-refractivity contribution in [2.45, 2.75) is 31.7 Å². The number of nitrogens with zero attached hydrogens (tertiary/aromatic N) is 1. The number of hydrogen-bond donors (Lipinski definition) is 2. The zero-order valence-electron chi connectivity index (χ0n) is 14.9. The third kappa shape index (κ3) is 4.27. The fourth-order valence-electron chi connectivity index (χ4n) is 3.21. The number of halogens is 1. The molecule has 1 aliphatic carbocycles. The number of carbonyl (C=O) groups is 2. The summed E-state index contributed by atoms with van der Waals surface area (Å²) in [6, 6.07) is 10.7. The lowest BCUT2D eigenvalue weighted by atomic mass is 9.90. The maximum Gasteiger partial charge on any atom is 0.257 e. The van der Waals surface area contributed by atoms with Gasteiger partial charge in [0.25, 0.3) is 5.91 Å². The lowest BCUT2D eigenvalue weighted by Crippen LogP contribution is -2.30. The summed E-state index contributed by atoms with van der Waals surface area (Å²) in [5.41, 5.74) is 1.31. The SMILES string of the molecule is O=C(Nc1nc2c(s1)CCCC2C(=O)NCc1cccs1)c1ccc(Cl)cc1. The van der Waals surface area contributed by atoms with Crippen LogP contribution in [-0.2, 0) is 17.8 Å². The molecule has 5 nitrogen and oxygen atoms in total.